The highest BCUT2D eigenvalue weighted by molar-refractivity contribution is 5.84. The van der Waals surface area contributed by atoms with Crippen LogP contribution < -0.4 is 10.9 Å². The maximum absolute atomic E-state index is 11.9. The van der Waals surface area contributed by atoms with Crippen LogP contribution in [0, 0.1) is 6.92 Å². The Morgan fingerprint density at radius 2 is 2.05 bits per heavy atom. The monoisotopic (exact) mass is 295 g/mol. The number of carboxylic acid groups (broad SMARTS) is 1. The van der Waals surface area contributed by atoms with Gasteiger partial charge in [-0.1, -0.05) is 20.3 Å². The van der Waals surface area contributed by atoms with Crippen molar-refractivity contribution in [2.75, 3.05) is 0 Å². The van der Waals surface area contributed by atoms with Crippen molar-refractivity contribution in [3.8, 4) is 0 Å². The first kappa shape index (κ1) is 16.9. The molecule has 1 aromatic rings. The first-order chi connectivity index (χ1) is 9.88. The number of H-pyrrole nitrogens is 1. The van der Waals surface area contributed by atoms with E-state index in [1.165, 1.54) is 0 Å². The number of rotatable bonds is 7. The fraction of sp³-hybridized carbons (Fsp3) is 0.571. The zero-order valence-corrected chi connectivity index (χ0v) is 12.5. The van der Waals surface area contributed by atoms with Gasteiger partial charge < -0.3 is 15.4 Å². The van der Waals surface area contributed by atoms with Gasteiger partial charge in [0.1, 0.15) is 11.9 Å². The molecule has 1 atom stereocenters. The van der Waals surface area contributed by atoms with E-state index in [0.717, 1.165) is 0 Å². The van der Waals surface area contributed by atoms with Crippen LogP contribution in [0.5, 0.6) is 0 Å². The number of aromatic nitrogens is 2. The normalized spacial score (nSPS) is 12.0. The van der Waals surface area contributed by atoms with Gasteiger partial charge in [-0.25, -0.2) is 9.78 Å². The highest BCUT2D eigenvalue weighted by Gasteiger charge is 2.20. The molecule has 7 nitrogen and oxygen atoms in total. The van der Waals surface area contributed by atoms with Crippen LogP contribution in [0.1, 0.15) is 43.8 Å². The quantitative estimate of drug-likeness (QED) is 0.680. The maximum atomic E-state index is 11.9. The molecule has 1 aromatic heterocycles. The van der Waals surface area contributed by atoms with Gasteiger partial charge in [0, 0.05) is 17.7 Å². The van der Waals surface area contributed by atoms with E-state index in [9.17, 15) is 14.4 Å². The number of nitrogens with zero attached hydrogens (tertiary/aromatic N) is 1. The predicted octanol–water partition coefficient (Wildman–Crippen LogP) is 0.553. The van der Waals surface area contributed by atoms with Crippen molar-refractivity contribution >= 4 is 11.9 Å². The summed E-state index contributed by atoms with van der Waals surface area (Å²) in [6.45, 7) is 5.37. The third kappa shape index (κ3) is 4.70. The topological polar surface area (TPSA) is 112 Å². The molecule has 21 heavy (non-hydrogen) atoms. The summed E-state index contributed by atoms with van der Waals surface area (Å²) in [7, 11) is 0. The van der Waals surface area contributed by atoms with Gasteiger partial charge >= 0.3 is 5.97 Å². The van der Waals surface area contributed by atoms with Crippen LogP contribution in [0.3, 0.4) is 0 Å². The van der Waals surface area contributed by atoms with Crippen molar-refractivity contribution in [3.63, 3.8) is 0 Å². The van der Waals surface area contributed by atoms with Crippen molar-refractivity contribution in [1.29, 1.82) is 0 Å². The second-order valence-corrected chi connectivity index (χ2v) is 4.85. The molecular weight excluding hydrogens is 274 g/mol. The first-order valence-corrected chi connectivity index (χ1v) is 6.99. The van der Waals surface area contributed by atoms with Crippen molar-refractivity contribution in [2.24, 2.45) is 0 Å². The minimum absolute atomic E-state index is 0.175. The lowest BCUT2D eigenvalue weighted by Gasteiger charge is -2.13. The van der Waals surface area contributed by atoms with Gasteiger partial charge in [-0.3, -0.25) is 9.59 Å². The zero-order valence-electron chi connectivity index (χ0n) is 12.5. The smallest absolute Gasteiger partial charge is 0.326 e. The van der Waals surface area contributed by atoms with E-state index in [1.807, 2.05) is 13.8 Å². The number of amides is 1. The van der Waals surface area contributed by atoms with Crippen LogP contribution in [0.15, 0.2) is 4.79 Å². The Kier molecular flexibility index (Phi) is 6.08. The molecule has 0 aliphatic rings. The summed E-state index contributed by atoms with van der Waals surface area (Å²) in [6.07, 6.45) is 1.42. The number of aliphatic carboxylic acids is 1. The molecule has 3 N–H and O–H groups in total. The van der Waals surface area contributed by atoms with Crippen LogP contribution in [-0.4, -0.2) is 33.0 Å². The first-order valence-electron chi connectivity index (χ1n) is 6.99. The summed E-state index contributed by atoms with van der Waals surface area (Å²) < 4.78 is 0. The van der Waals surface area contributed by atoms with Crippen molar-refractivity contribution < 1.29 is 14.7 Å². The molecule has 0 spiro atoms. The summed E-state index contributed by atoms with van der Waals surface area (Å²) >= 11 is 0. The van der Waals surface area contributed by atoms with Gasteiger partial charge in [0.15, 0.2) is 0 Å². The molecule has 116 valence electrons. The number of aromatic amines is 1. The summed E-state index contributed by atoms with van der Waals surface area (Å²) in [5.41, 5.74) is 0.412. The molecule has 0 aliphatic carbocycles. The number of carboxylic acids is 1. The molecule has 0 saturated carbocycles. The zero-order chi connectivity index (χ0) is 16.0. The highest BCUT2D eigenvalue weighted by Crippen LogP contribution is 2.03. The Balaban J connectivity index is 2.84. The van der Waals surface area contributed by atoms with Gasteiger partial charge in [0.2, 0.25) is 5.91 Å². The maximum Gasteiger partial charge on any atom is 0.326 e. The fourth-order valence-electron chi connectivity index (χ4n) is 2.00. The summed E-state index contributed by atoms with van der Waals surface area (Å²) in [5, 5.41) is 11.4. The number of nitrogens with one attached hydrogen (secondary N) is 2. The molecule has 0 aromatic carbocycles. The van der Waals surface area contributed by atoms with Gasteiger partial charge in [-0.15, -0.1) is 0 Å². The largest absolute Gasteiger partial charge is 0.480 e. The molecule has 0 saturated heterocycles. The van der Waals surface area contributed by atoms with E-state index in [-0.39, 0.29) is 17.5 Å². The van der Waals surface area contributed by atoms with E-state index in [1.54, 1.807) is 6.92 Å². The number of hydrogen-bond donors (Lipinski definition) is 3. The second kappa shape index (κ2) is 7.56. The van der Waals surface area contributed by atoms with E-state index in [2.05, 4.69) is 15.3 Å². The van der Waals surface area contributed by atoms with E-state index in [4.69, 9.17) is 5.11 Å². The van der Waals surface area contributed by atoms with Crippen LogP contribution in [0.2, 0.25) is 0 Å². The minimum Gasteiger partial charge on any atom is -0.480 e. The number of carbonyl (C=O) groups excluding carboxylic acids is 1. The molecule has 0 unspecified atom stereocenters. The molecule has 7 heteroatoms. The number of carbonyl (C=O) groups is 2. The van der Waals surface area contributed by atoms with Gasteiger partial charge in [0.05, 0.1) is 6.42 Å². The third-order valence-corrected chi connectivity index (χ3v) is 3.15. The van der Waals surface area contributed by atoms with E-state index < -0.39 is 17.9 Å². The Morgan fingerprint density at radius 3 is 2.52 bits per heavy atom. The third-order valence-electron chi connectivity index (χ3n) is 3.15. The highest BCUT2D eigenvalue weighted by atomic mass is 16.4. The Morgan fingerprint density at radius 1 is 1.38 bits per heavy atom. The van der Waals surface area contributed by atoms with Gasteiger partial charge in [-0.2, -0.15) is 0 Å². The lowest BCUT2D eigenvalue weighted by Crippen LogP contribution is -2.42. The molecule has 0 bridgehead atoms. The van der Waals surface area contributed by atoms with Crippen molar-refractivity contribution in [3.05, 3.63) is 27.4 Å². The van der Waals surface area contributed by atoms with Crippen LogP contribution in [0.25, 0.3) is 0 Å². The number of aryl methyl sites for hydroxylation is 2. The summed E-state index contributed by atoms with van der Waals surface area (Å²) in [4.78, 5) is 41.6. The average Bonchev–Trinajstić information content (AvgIpc) is 2.42. The SMILES string of the molecule is CCC[C@H](NC(=O)Cc1c(C)nc(CC)[nH]c1=O)C(=O)O. The second-order valence-electron chi connectivity index (χ2n) is 4.85. The minimum atomic E-state index is -1.07. The Bertz CT molecular complexity index is 580. The summed E-state index contributed by atoms with van der Waals surface area (Å²) in [6, 6.07) is -0.926. The number of hydrogen-bond acceptors (Lipinski definition) is 4. The van der Waals surface area contributed by atoms with Crippen LogP contribution in [-0.2, 0) is 22.4 Å². The Labute approximate surface area is 122 Å². The molecule has 1 heterocycles. The Hall–Kier alpha value is -2.18. The molecule has 1 amide bonds. The van der Waals surface area contributed by atoms with Crippen LogP contribution in [0.4, 0.5) is 0 Å². The molecule has 0 aliphatic heterocycles. The average molecular weight is 295 g/mol. The van der Waals surface area contributed by atoms with E-state index in [0.29, 0.717) is 30.8 Å². The molecule has 0 radical (unpaired) electrons. The van der Waals surface area contributed by atoms with Crippen molar-refractivity contribution in [2.45, 2.75) is 52.5 Å². The van der Waals surface area contributed by atoms with E-state index >= 15 is 0 Å². The molecular formula is C14H21N3O4. The van der Waals surface area contributed by atoms with Crippen LogP contribution >= 0.6 is 0 Å². The van der Waals surface area contributed by atoms with Gasteiger partial charge in [-0.05, 0) is 13.3 Å². The predicted molar refractivity (Wildman–Crippen MR) is 77.2 cm³/mol. The fourth-order valence-corrected chi connectivity index (χ4v) is 2.00. The standard InChI is InChI=1S/C14H21N3O4/c1-4-6-10(14(20)21)16-12(18)7-9-8(3)15-11(5-2)17-13(9)19/h10H,4-7H2,1-3H3,(H,16,18)(H,20,21)(H,15,17,19)/t10-/m0/s1. The summed E-state index contributed by atoms with van der Waals surface area (Å²) in [5.74, 6) is -0.998. The lowest BCUT2D eigenvalue weighted by molar-refractivity contribution is -0.141. The van der Waals surface area contributed by atoms with Crippen molar-refractivity contribution in [1.82, 2.24) is 15.3 Å². The molecule has 0 fully saturated rings. The lowest BCUT2D eigenvalue weighted by atomic mass is 10.1. The van der Waals surface area contributed by atoms with Gasteiger partial charge in [0.25, 0.3) is 5.56 Å². The molecule has 1 rings (SSSR count).